The fraction of sp³-hybridized carbons (Fsp3) is 0.231. The molecule has 36 heavy (non-hydrogen) atoms. The van der Waals surface area contributed by atoms with Gasteiger partial charge in [-0.2, -0.15) is 5.10 Å². The quantitative estimate of drug-likeness (QED) is 0.457. The molecule has 3 amide bonds. The summed E-state index contributed by atoms with van der Waals surface area (Å²) in [5.41, 5.74) is 3.93. The predicted octanol–water partition coefficient (Wildman–Crippen LogP) is 3.36. The minimum atomic E-state index is -0.384. The molecule has 0 saturated carbocycles. The number of benzene rings is 2. The Hall–Kier alpha value is -4.44. The van der Waals surface area contributed by atoms with Gasteiger partial charge in [-0.25, -0.2) is 0 Å². The number of amides is 3. The Morgan fingerprint density at radius 2 is 1.86 bits per heavy atom. The molecule has 0 spiro atoms. The first-order valence-corrected chi connectivity index (χ1v) is 11.7. The van der Waals surface area contributed by atoms with Gasteiger partial charge in [-0.1, -0.05) is 0 Å². The second-order valence-corrected chi connectivity index (χ2v) is 8.90. The topological polar surface area (TPSA) is 121 Å². The van der Waals surface area contributed by atoms with E-state index in [4.69, 9.17) is 9.15 Å². The van der Waals surface area contributed by atoms with E-state index >= 15 is 0 Å². The van der Waals surface area contributed by atoms with Gasteiger partial charge in [0.1, 0.15) is 17.9 Å². The van der Waals surface area contributed by atoms with Crippen LogP contribution in [0, 0.1) is 0 Å². The van der Waals surface area contributed by atoms with Gasteiger partial charge in [0, 0.05) is 34.6 Å². The molecule has 0 aliphatic carbocycles. The van der Waals surface area contributed by atoms with E-state index in [0.717, 1.165) is 16.7 Å². The zero-order valence-electron chi connectivity index (χ0n) is 19.5. The second-order valence-electron chi connectivity index (χ2n) is 8.90. The molecule has 1 saturated heterocycles. The molecule has 2 N–H and O–H groups in total. The van der Waals surface area contributed by atoms with Crippen LogP contribution in [0.3, 0.4) is 0 Å². The molecule has 2 aliphatic rings. The highest BCUT2D eigenvalue weighted by molar-refractivity contribution is 6.11. The molecule has 10 heteroatoms. The summed E-state index contributed by atoms with van der Waals surface area (Å²) < 4.78 is 10.7. The smallest absolute Gasteiger partial charge is 0.276 e. The molecule has 0 radical (unpaired) electrons. The Kier molecular flexibility index (Phi) is 5.30. The van der Waals surface area contributed by atoms with E-state index in [2.05, 4.69) is 15.5 Å². The van der Waals surface area contributed by atoms with Crippen molar-refractivity contribution in [2.75, 3.05) is 34.8 Å². The van der Waals surface area contributed by atoms with Crippen LogP contribution < -0.4 is 15.1 Å². The van der Waals surface area contributed by atoms with Crippen LogP contribution in [0.15, 0.2) is 59.2 Å². The van der Waals surface area contributed by atoms with Crippen LogP contribution in [-0.4, -0.2) is 53.7 Å². The summed E-state index contributed by atoms with van der Waals surface area (Å²) in [5.74, 6) is -0.732. The summed E-state index contributed by atoms with van der Waals surface area (Å²) in [6.07, 6.45) is 2.03. The molecular formula is C26H23N5O5. The van der Waals surface area contributed by atoms with Crippen LogP contribution in [0.5, 0.6) is 0 Å². The molecule has 2 aliphatic heterocycles. The van der Waals surface area contributed by atoms with Crippen LogP contribution >= 0.6 is 0 Å². The molecule has 4 aromatic rings. The van der Waals surface area contributed by atoms with E-state index in [-0.39, 0.29) is 36.1 Å². The fourth-order valence-corrected chi connectivity index (χ4v) is 4.68. The maximum Gasteiger partial charge on any atom is 0.276 e. The second kappa shape index (κ2) is 8.65. The number of carbonyl (C=O) groups is 3. The number of hydrogen-bond donors (Lipinski definition) is 2. The normalized spacial score (nSPS) is 18.0. The Morgan fingerprint density at radius 1 is 1.08 bits per heavy atom. The number of carbonyl (C=O) groups excluding carboxylic acids is 3. The number of nitrogens with zero attached hydrogens (tertiary/aromatic N) is 3. The first-order chi connectivity index (χ1) is 17.5. The maximum absolute atomic E-state index is 13.2. The Labute approximate surface area is 205 Å². The van der Waals surface area contributed by atoms with Crippen LogP contribution in [-0.2, 0) is 16.0 Å². The summed E-state index contributed by atoms with van der Waals surface area (Å²) in [6.45, 7) is 2.87. The molecule has 10 nitrogen and oxygen atoms in total. The molecule has 1 atom stereocenters. The highest BCUT2D eigenvalue weighted by Gasteiger charge is 2.32. The number of rotatable bonds is 4. The van der Waals surface area contributed by atoms with Gasteiger partial charge in [0.2, 0.25) is 0 Å². The van der Waals surface area contributed by atoms with E-state index < -0.39 is 0 Å². The summed E-state index contributed by atoms with van der Waals surface area (Å²) in [6, 6.07) is 14.5. The third-order valence-corrected chi connectivity index (χ3v) is 6.54. The van der Waals surface area contributed by atoms with Gasteiger partial charge in [0.05, 0.1) is 18.9 Å². The van der Waals surface area contributed by atoms with Crippen molar-refractivity contribution in [2.45, 2.75) is 19.4 Å². The molecule has 0 unspecified atom stereocenters. The molecular weight excluding hydrogens is 462 g/mol. The lowest BCUT2D eigenvalue weighted by atomic mass is 10.0. The minimum Gasteiger partial charge on any atom is -0.464 e. The van der Waals surface area contributed by atoms with Crippen LogP contribution in [0.2, 0.25) is 0 Å². The fourth-order valence-electron chi connectivity index (χ4n) is 4.68. The monoisotopic (exact) mass is 485 g/mol. The SMILES string of the molecule is C[C@@H]1CN(c2ccc(N3CCc4c(C(=O)Nc5ccc6occc6c5)n[nH]c4C3=O)cc2)C(=O)CO1. The number of nitrogens with one attached hydrogen (secondary N) is 2. The average Bonchev–Trinajstić information content (AvgIpc) is 3.53. The lowest BCUT2D eigenvalue weighted by molar-refractivity contribution is -0.128. The van der Waals surface area contributed by atoms with Crippen molar-refractivity contribution in [3.05, 3.63) is 71.7 Å². The van der Waals surface area contributed by atoms with E-state index in [0.29, 0.717) is 42.1 Å². The number of fused-ring (bicyclic) bond motifs is 2. The first-order valence-electron chi connectivity index (χ1n) is 11.7. The number of hydrogen-bond acceptors (Lipinski definition) is 6. The van der Waals surface area contributed by atoms with Gasteiger partial charge in [0.15, 0.2) is 5.69 Å². The molecule has 1 fully saturated rings. The van der Waals surface area contributed by atoms with E-state index in [1.165, 1.54) is 0 Å². The van der Waals surface area contributed by atoms with Crippen molar-refractivity contribution in [1.82, 2.24) is 10.2 Å². The molecule has 182 valence electrons. The minimum absolute atomic E-state index is 0.0372. The van der Waals surface area contributed by atoms with E-state index in [1.54, 1.807) is 28.2 Å². The third kappa shape index (κ3) is 3.81. The lowest BCUT2D eigenvalue weighted by Gasteiger charge is -2.31. The van der Waals surface area contributed by atoms with Crippen LogP contribution in [0.1, 0.15) is 33.5 Å². The van der Waals surface area contributed by atoms with Crippen molar-refractivity contribution in [1.29, 1.82) is 0 Å². The predicted molar refractivity (Wildman–Crippen MR) is 132 cm³/mol. The van der Waals surface area contributed by atoms with Crippen molar-refractivity contribution in [3.8, 4) is 0 Å². The van der Waals surface area contributed by atoms with Gasteiger partial charge in [-0.15, -0.1) is 0 Å². The van der Waals surface area contributed by atoms with E-state index in [1.807, 2.05) is 43.3 Å². The summed E-state index contributed by atoms with van der Waals surface area (Å²) in [7, 11) is 0. The maximum atomic E-state index is 13.2. The van der Waals surface area contributed by atoms with Crippen LogP contribution in [0.25, 0.3) is 11.0 Å². The number of ether oxygens (including phenoxy) is 1. The highest BCUT2D eigenvalue weighted by Crippen LogP contribution is 2.29. The zero-order valence-corrected chi connectivity index (χ0v) is 19.5. The number of morpholine rings is 1. The summed E-state index contributed by atoms with van der Waals surface area (Å²) in [5, 5.41) is 10.6. The average molecular weight is 486 g/mol. The molecule has 0 bridgehead atoms. The van der Waals surface area contributed by atoms with Crippen molar-refractivity contribution >= 4 is 45.8 Å². The zero-order chi connectivity index (χ0) is 24.8. The molecule has 4 heterocycles. The van der Waals surface area contributed by atoms with Gasteiger partial charge in [-0.05, 0) is 61.9 Å². The van der Waals surface area contributed by atoms with Gasteiger partial charge in [0.25, 0.3) is 17.7 Å². The first kappa shape index (κ1) is 22.1. The highest BCUT2D eigenvalue weighted by atomic mass is 16.5. The summed E-state index contributed by atoms with van der Waals surface area (Å²) in [4.78, 5) is 41.7. The molecule has 6 rings (SSSR count). The Balaban J connectivity index is 1.19. The standard InChI is InChI=1S/C26H23N5O5/c1-15-13-31(22(32)14-36-15)19-5-3-18(4-6-19)30-10-8-20-23(28-29-24(20)26(30)34)25(33)27-17-2-7-21-16(12-17)9-11-35-21/h2-7,9,11-12,15H,8,10,13-14H2,1H3,(H,27,33)(H,28,29)/t15-/m1/s1. The summed E-state index contributed by atoms with van der Waals surface area (Å²) >= 11 is 0. The number of furan rings is 1. The van der Waals surface area contributed by atoms with Gasteiger partial charge < -0.3 is 24.3 Å². The number of aromatic nitrogens is 2. The molecule has 2 aromatic heterocycles. The number of H-pyrrole nitrogens is 1. The van der Waals surface area contributed by atoms with Gasteiger partial charge >= 0.3 is 0 Å². The van der Waals surface area contributed by atoms with Crippen LogP contribution in [0.4, 0.5) is 17.1 Å². The number of aromatic amines is 1. The third-order valence-electron chi connectivity index (χ3n) is 6.54. The van der Waals surface area contributed by atoms with Gasteiger partial charge in [-0.3, -0.25) is 19.5 Å². The van der Waals surface area contributed by atoms with Crippen molar-refractivity contribution < 1.29 is 23.5 Å². The number of anilines is 3. The Morgan fingerprint density at radius 3 is 2.67 bits per heavy atom. The van der Waals surface area contributed by atoms with E-state index in [9.17, 15) is 14.4 Å². The Bertz CT molecular complexity index is 1490. The van der Waals surface area contributed by atoms with Crippen molar-refractivity contribution in [2.24, 2.45) is 0 Å². The van der Waals surface area contributed by atoms with Crippen molar-refractivity contribution in [3.63, 3.8) is 0 Å². The largest absolute Gasteiger partial charge is 0.464 e. The molecule has 2 aromatic carbocycles. The lowest BCUT2D eigenvalue weighted by Crippen LogP contribution is -2.45.